The first kappa shape index (κ1) is 15.3. The molecule has 0 unspecified atom stereocenters. The number of alkyl halides is 5. The van der Waals surface area contributed by atoms with E-state index in [1.807, 2.05) is 0 Å². The molecule has 2 aliphatic heterocycles. The fraction of sp³-hybridized carbons (Fsp3) is 0.538. The van der Waals surface area contributed by atoms with Crippen LogP contribution < -0.4 is 14.8 Å². The van der Waals surface area contributed by atoms with E-state index in [9.17, 15) is 22.0 Å². The molecule has 1 aromatic carbocycles. The van der Waals surface area contributed by atoms with Crippen molar-refractivity contribution in [2.75, 3.05) is 26.2 Å². The lowest BCUT2D eigenvalue weighted by Gasteiger charge is -2.36. The molecule has 1 atom stereocenters. The van der Waals surface area contributed by atoms with Crippen molar-refractivity contribution >= 4 is 0 Å². The van der Waals surface area contributed by atoms with E-state index in [2.05, 4.69) is 14.8 Å². The standard InChI is InChI=1S/C13H13F5N2O2/c14-12(15,16)11(20-6-4-19-5-7-20)8-2-1-3-9-10(8)22-13(17,18)21-9/h1-3,11,19H,4-7H2/t11-/m0/s1. The highest BCUT2D eigenvalue weighted by atomic mass is 19.4. The molecular weight excluding hydrogens is 311 g/mol. The van der Waals surface area contributed by atoms with E-state index >= 15 is 0 Å². The predicted molar refractivity (Wildman–Crippen MR) is 65.9 cm³/mol. The number of fused-ring (bicyclic) bond motifs is 1. The van der Waals surface area contributed by atoms with Gasteiger partial charge in [0.05, 0.1) is 0 Å². The minimum absolute atomic E-state index is 0.158. The maximum absolute atomic E-state index is 13.5. The SMILES string of the molecule is FC1(F)Oc2cccc([C@H](N3CCNCC3)C(F)(F)F)c2O1. The summed E-state index contributed by atoms with van der Waals surface area (Å²) in [6, 6.07) is 1.54. The van der Waals surface area contributed by atoms with Gasteiger partial charge in [-0.2, -0.15) is 13.2 Å². The molecule has 0 bridgehead atoms. The number of ether oxygens (including phenoxy) is 2. The Bertz CT molecular complexity index is 558. The van der Waals surface area contributed by atoms with Gasteiger partial charge in [0, 0.05) is 31.7 Å². The van der Waals surface area contributed by atoms with Gasteiger partial charge in [0.25, 0.3) is 0 Å². The second-order valence-electron chi connectivity index (χ2n) is 5.07. The number of para-hydroxylation sites is 1. The van der Waals surface area contributed by atoms with E-state index in [4.69, 9.17) is 0 Å². The van der Waals surface area contributed by atoms with Crippen LogP contribution in [0.15, 0.2) is 18.2 Å². The highest BCUT2D eigenvalue weighted by Crippen LogP contribution is 2.49. The van der Waals surface area contributed by atoms with E-state index in [1.165, 1.54) is 11.0 Å². The number of hydrogen-bond donors (Lipinski definition) is 1. The Morgan fingerprint density at radius 1 is 1.14 bits per heavy atom. The zero-order valence-corrected chi connectivity index (χ0v) is 11.3. The highest BCUT2D eigenvalue weighted by Gasteiger charge is 2.51. The molecule has 2 heterocycles. The molecule has 0 radical (unpaired) electrons. The van der Waals surface area contributed by atoms with Crippen molar-refractivity contribution in [3.8, 4) is 11.5 Å². The highest BCUT2D eigenvalue weighted by molar-refractivity contribution is 5.50. The van der Waals surface area contributed by atoms with E-state index in [0.29, 0.717) is 13.1 Å². The average molecular weight is 324 g/mol. The van der Waals surface area contributed by atoms with Gasteiger partial charge < -0.3 is 14.8 Å². The van der Waals surface area contributed by atoms with Crippen LogP contribution in [0.25, 0.3) is 0 Å². The van der Waals surface area contributed by atoms with Gasteiger partial charge in [0.15, 0.2) is 11.5 Å². The van der Waals surface area contributed by atoms with Crippen molar-refractivity contribution in [2.24, 2.45) is 0 Å². The first-order valence-electron chi connectivity index (χ1n) is 6.68. The van der Waals surface area contributed by atoms with Crippen molar-refractivity contribution in [1.82, 2.24) is 10.2 Å². The largest absolute Gasteiger partial charge is 0.586 e. The van der Waals surface area contributed by atoms with Crippen LogP contribution in [-0.4, -0.2) is 43.5 Å². The van der Waals surface area contributed by atoms with Crippen LogP contribution in [0.1, 0.15) is 11.6 Å². The van der Waals surface area contributed by atoms with Gasteiger partial charge in [0.1, 0.15) is 6.04 Å². The third kappa shape index (κ3) is 2.82. The smallest absolute Gasteiger partial charge is 0.395 e. The molecule has 0 amide bonds. The summed E-state index contributed by atoms with van der Waals surface area (Å²) in [5, 5.41) is 2.95. The summed E-state index contributed by atoms with van der Waals surface area (Å²) < 4.78 is 75.4. The summed E-state index contributed by atoms with van der Waals surface area (Å²) in [7, 11) is 0. The van der Waals surface area contributed by atoms with Crippen molar-refractivity contribution in [3.05, 3.63) is 23.8 Å². The number of nitrogens with one attached hydrogen (secondary N) is 1. The Morgan fingerprint density at radius 3 is 2.45 bits per heavy atom. The van der Waals surface area contributed by atoms with Crippen molar-refractivity contribution < 1.29 is 31.4 Å². The van der Waals surface area contributed by atoms with Gasteiger partial charge in [-0.05, 0) is 6.07 Å². The first-order chi connectivity index (χ1) is 10.3. The topological polar surface area (TPSA) is 33.7 Å². The number of hydrogen-bond acceptors (Lipinski definition) is 4. The Kier molecular flexibility index (Phi) is 3.64. The van der Waals surface area contributed by atoms with E-state index < -0.39 is 24.3 Å². The first-order valence-corrected chi connectivity index (χ1v) is 6.68. The number of halogens is 5. The maximum atomic E-state index is 13.5. The molecule has 1 fully saturated rings. The molecule has 2 aliphatic rings. The van der Waals surface area contributed by atoms with Crippen LogP contribution in [0, 0.1) is 0 Å². The van der Waals surface area contributed by atoms with Gasteiger partial charge in [-0.15, -0.1) is 8.78 Å². The van der Waals surface area contributed by atoms with Gasteiger partial charge in [0.2, 0.25) is 0 Å². The van der Waals surface area contributed by atoms with Crippen LogP contribution in [0.3, 0.4) is 0 Å². The lowest BCUT2D eigenvalue weighted by Crippen LogP contribution is -2.49. The number of piperazine rings is 1. The van der Waals surface area contributed by atoms with Crippen LogP contribution in [0.4, 0.5) is 22.0 Å². The number of nitrogens with zero attached hydrogens (tertiary/aromatic N) is 1. The fourth-order valence-corrected chi connectivity index (χ4v) is 2.73. The Labute approximate surface area is 122 Å². The number of rotatable bonds is 2. The summed E-state index contributed by atoms with van der Waals surface area (Å²) >= 11 is 0. The van der Waals surface area contributed by atoms with Gasteiger partial charge in [-0.3, -0.25) is 4.90 Å². The molecule has 0 aromatic heterocycles. The number of benzene rings is 1. The molecule has 1 N–H and O–H groups in total. The minimum atomic E-state index is -4.62. The molecule has 22 heavy (non-hydrogen) atoms. The molecule has 0 saturated carbocycles. The van der Waals surface area contributed by atoms with Crippen LogP contribution >= 0.6 is 0 Å². The van der Waals surface area contributed by atoms with E-state index in [1.54, 1.807) is 0 Å². The van der Waals surface area contributed by atoms with Crippen molar-refractivity contribution in [2.45, 2.75) is 18.5 Å². The van der Waals surface area contributed by atoms with Crippen molar-refractivity contribution in [1.29, 1.82) is 0 Å². The Hall–Kier alpha value is -1.61. The van der Waals surface area contributed by atoms with Gasteiger partial charge in [-0.1, -0.05) is 12.1 Å². The molecular formula is C13H13F5N2O2. The molecule has 0 aliphatic carbocycles. The molecule has 1 aromatic rings. The summed E-state index contributed by atoms with van der Waals surface area (Å²) in [6.45, 7) is 1.11. The Balaban J connectivity index is 2.01. The fourth-order valence-electron chi connectivity index (χ4n) is 2.73. The quantitative estimate of drug-likeness (QED) is 0.848. The third-order valence-corrected chi connectivity index (χ3v) is 3.58. The summed E-state index contributed by atoms with van der Waals surface area (Å²) in [6.07, 6.45) is -8.56. The third-order valence-electron chi connectivity index (χ3n) is 3.58. The molecule has 1 saturated heterocycles. The van der Waals surface area contributed by atoms with Crippen LogP contribution in [0.2, 0.25) is 0 Å². The lowest BCUT2D eigenvalue weighted by atomic mass is 10.0. The van der Waals surface area contributed by atoms with Gasteiger partial charge >= 0.3 is 12.5 Å². The molecule has 0 spiro atoms. The maximum Gasteiger partial charge on any atom is 0.586 e. The lowest BCUT2D eigenvalue weighted by molar-refractivity contribution is -0.287. The van der Waals surface area contributed by atoms with Crippen molar-refractivity contribution in [3.63, 3.8) is 0 Å². The summed E-state index contributed by atoms with van der Waals surface area (Å²) in [5.41, 5.74) is -0.357. The van der Waals surface area contributed by atoms with Gasteiger partial charge in [-0.25, -0.2) is 0 Å². The Morgan fingerprint density at radius 2 is 1.82 bits per heavy atom. The minimum Gasteiger partial charge on any atom is -0.395 e. The zero-order chi connectivity index (χ0) is 16.0. The summed E-state index contributed by atoms with van der Waals surface area (Å²) in [4.78, 5) is 1.20. The summed E-state index contributed by atoms with van der Waals surface area (Å²) in [5.74, 6) is -0.930. The predicted octanol–water partition coefficient (Wildman–Crippen LogP) is 2.52. The second-order valence-corrected chi connectivity index (χ2v) is 5.07. The normalized spacial score (nSPS) is 22.6. The van der Waals surface area contributed by atoms with Crippen LogP contribution in [-0.2, 0) is 0 Å². The molecule has 122 valence electrons. The monoisotopic (exact) mass is 324 g/mol. The van der Waals surface area contributed by atoms with E-state index in [0.717, 1.165) is 12.1 Å². The average Bonchev–Trinajstić information content (AvgIpc) is 2.73. The van der Waals surface area contributed by atoms with Crippen LogP contribution in [0.5, 0.6) is 11.5 Å². The molecule has 9 heteroatoms. The zero-order valence-electron chi connectivity index (χ0n) is 11.3. The second kappa shape index (κ2) is 5.24. The van der Waals surface area contributed by atoms with E-state index in [-0.39, 0.29) is 24.4 Å². The molecule has 4 nitrogen and oxygen atoms in total. The molecule has 3 rings (SSSR count).